The predicted octanol–water partition coefficient (Wildman–Crippen LogP) is 3.27. The Balaban J connectivity index is 2.62. The van der Waals surface area contributed by atoms with E-state index in [-0.39, 0.29) is 0 Å². The third-order valence-electron chi connectivity index (χ3n) is 1.99. The van der Waals surface area contributed by atoms with E-state index in [9.17, 15) is 0 Å². The molecule has 2 rings (SSSR count). The van der Waals surface area contributed by atoms with Crippen molar-refractivity contribution in [1.82, 2.24) is 4.98 Å². The molecule has 2 aromatic rings. The van der Waals surface area contributed by atoms with Crippen LogP contribution in [0.1, 0.15) is 12.5 Å². The first kappa shape index (κ1) is 7.99. The van der Waals surface area contributed by atoms with Crippen LogP contribution in [0.2, 0.25) is 0 Å². The van der Waals surface area contributed by atoms with Gasteiger partial charge in [-0.05, 0) is 30.7 Å². The third kappa shape index (κ3) is 1.59. The lowest BCUT2D eigenvalue weighted by Gasteiger charge is -1.97. The van der Waals surface area contributed by atoms with Gasteiger partial charge in [0.25, 0.3) is 0 Å². The van der Waals surface area contributed by atoms with E-state index in [1.165, 1.54) is 10.9 Å². The Bertz CT molecular complexity index is 444. The van der Waals surface area contributed by atoms with Gasteiger partial charge < -0.3 is 0 Å². The largest absolute Gasteiger partial charge is 0.256 e. The maximum Gasteiger partial charge on any atom is 0.0702 e. The summed E-state index contributed by atoms with van der Waals surface area (Å²) in [6.45, 7) is 2.02. The summed E-state index contributed by atoms with van der Waals surface area (Å²) in [4.78, 5) is 4.26. The number of allylic oxidation sites excluding steroid dienone is 1. The fourth-order valence-electron chi connectivity index (χ4n) is 1.39. The second-order valence-corrected chi connectivity index (χ2v) is 2.96. The van der Waals surface area contributed by atoms with Gasteiger partial charge in [0.2, 0.25) is 0 Å². The number of hydrogen-bond acceptors (Lipinski definition) is 1. The average Bonchev–Trinajstić information content (AvgIpc) is 2.18. The van der Waals surface area contributed by atoms with E-state index < -0.39 is 0 Å². The van der Waals surface area contributed by atoms with Crippen molar-refractivity contribution >= 4 is 17.0 Å². The molecule has 0 bridgehead atoms. The van der Waals surface area contributed by atoms with Gasteiger partial charge in [-0.1, -0.05) is 24.3 Å². The molecule has 0 aliphatic carbocycles. The summed E-state index contributed by atoms with van der Waals surface area (Å²) in [5.74, 6) is 0. The van der Waals surface area contributed by atoms with Gasteiger partial charge in [0.1, 0.15) is 0 Å². The van der Waals surface area contributed by atoms with Crippen molar-refractivity contribution in [2.45, 2.75) is 6.92 Å². The van der Waals surface area contributed by atoms with E-state index in [0.29, 0.717) is 0 Å². The average molecular weight is 169 g/mol. The maximum absolute atomic E-state index is 4.26. The second-order valence-electron chi connectivity index (χ2n) is 2.96. The lowest BCUT2D eigenvalue weighted by molar-refractivity contribution is 1.41. The fourth-order valence-corrected chi connectivity index (χ4v) is 1.39. The van der Waals surface area contributed by atoms with Crippen molar-refractivity contribution in [1.29, 1.82) is 0 Å². The van der Waals surface area contributed by atoms with Gasteiger partial charge in [-0.3, -0.25) is 4.98 Å². The molecule has 0 atom stereocenters. The van der Waals surface area contributed by atoms with Crippen molar-refractivity contribution < 1.29 is 0 Å². The fraction of sp³-hybridized carbons (Fsp3) is 0.0833. The summed E-state index contributed by atoms with van der Waals surface area (Å²) in [5, 5.41) is 1.19. The Hall–Kier alpha value is -1.63. The molecule has 13 heavy (non-hydrogen) atoms. The normalized spacial score (nSPS) is 11.2. The van der Waals surface area contributed by atoms with Crippen LogP contribution in [0.5, 0.6) is 0 Å². The molecular weight excluding hydrogens is 158 g/mol. The molecule has 0 N–H and O–H groups in total. The molecule has 0 spiro atoms. The van der Waals surface area contributed by atoms with Gasteiger partial charge in [-0.15, -0.1) is 0 Å². The van der Waals surface area contributed by atoms with Gasteiger partial charge in [-0.2, -0.15) is 0 Å². The van der Waals surface area contributed by atoms with E-state index >= 15 is 0 Å². The first-order valence-electron chi connectivity index (χ1n) is 4.37. The summed E-state index contributed by atoms with van der Waals surface area (Å²) < 4.78 is 0. The minimum atomic E-state index is 1.05. The van der Waals surface area contributed by atoms with Gasteiger partial charge in [0, 0.05) is 11.6 Å². The van der Waals surface area contributed by atoms with Crippen molar-refractivity contribution in [3.63, 3.8) is 0 Å². The van der Waals surface area contributed by atoms with E-state index in [2.05, 4.69) is 29.3 Å². The zero-order chi connectivity index (χ0) is 9.10. The smallest absolute Gasteiger partial charge is 0.0702 e. The molecule has 1 nitrogen and oxygen atoms in total. The molecule has 0 saturated carbocycles. The predicted molar refractivity (Wildman–Crippen MR) is 56.5 cm³/mol. The Morgan fingerprint density at radius 2 is 2.15 bits per heavy atom. The number of hydrogen-bond donors (Lipinski definition) is 0. The number of benzene rings is 1. The lowest BCUT2D eigenvalue weighted by Crippen LogP contribution is -1.78. The lowest BCUT2D eigenvalue weighted by atomic mass is 10.1. The third-order valence-corrected chi connectivity index (χ3v) is 1.99. The first-order chi connectivity index (χ1) is 6.40. The number of nitrogens with zero attached hydrogens (tertiary/aromatic N) is 1. The second kappa shape index (κ2) is 3.40. The molecule has 0 amide bonds. The van der Waals surface area contributed by atoms with Crippen LogP contribution in [0.25, 0.3) is 17.0 Å². The van der Waals surface area contributed by atoms with Crippen LogP contribution < -0.4 is 0 Å². The molecule has 1 heterocycles. The summed E-state index contributed by atoms with van der Waals surface area (Å²) in [7, 11) is 0. The van der Waals surface area contributed by atoms with E-state index in [1.54, 1.807) is 0 Å². The summed E-state index contributed by atoms with van der Waals surface area (Å²) in [6, 6.07) is 10.3. The van der Waals surface area contributed by atoms with Crippen molar-refractivity contribution in [3.8, 4) is 0 Å². The molecule has 1 heteroatoms. The molecular formula is C12H11N. The highest BCUT2D eigenvalue weighted by Gasteiger charge is 1.92. The quantitative estimate of drug-likeness (QED) is 0.638. The molecule has 1 aromatic carbocycles. The topological polar surface area (TPSA) is 12.9 Å². The first-order valence-corrected chi connectivity index (χ1v) is 4.37. The number of pyridine rings is 1. The number of aromatic nitrogens is 1. The van der Waals surface area contributed by atoms with Crippen LogP contribution >= 0.6 is 0 Å². The van der Waals surface area contributed by atoms with Gasteiger partial charge in [-0.25, -0.2) is 0 Å². The minimum Gasteiger partial charge on any atom is -0.256 e. The Kier molecular flexibility index (Phi) is 2.09. The van der Waals surface area contributed by atoms with Crippen LogP contribution in [-0.2, 0) is 0 Å². The van der Waals surface area contributed by atoms with Crippen LogP contribution in [-0.4, -0.2) is 4.98 Å². The maximum atomic E-state index is 4.26. The minimum absolute atomic E-state index is 1.05. The molecule has 0 fully saturated rings. The zero-order valence-electron chi connectivity index (χ0n) is 7.57. The van der Waals surface area contributed by atoms with Gasteiger partial charge in [0.15, 0.2) is 0 Å². The summed E-state index contributed by atoms with van der Waals surface area (Å²) >= 11 is 0. The number of fused-ring (bicyclic) bond motifs is 1. The van der Waals surface area contributed by atoms with Crippen molar-refractivity contribution in [3.05, 3.63) is 48.2 Å². The van der Waals surface area contributed by atoms with E-state index in [4.69, 9.17) is 0 Å². The molecule has 0 aliphatic heterocycles. The molecule has 0 aliphatic rings. The molecule has 0 unspecified atom stereocenters. The number of rotatable bonds is 1. The monoisotopic (exact) mass is 169 g/mol. The van der Waals surface area contributed by atoms with Crippen LogP contribution in [0, 0.1) is 0 Å². The zero-order valence-corrected chi connectivity index (χ0v) is 7.57. The molecule has 64 valence electrons. The summed E-state index contributed by atoms with van der Waals surface area (Å²) in [6.07, 6.45) is 5.95. The van der Waals surface area contributed by atoms with E-state index in [1.807, 2.05) is 31.3 Å². The van der Waals surface area contributed by atoms with Crippen LogP contribution in [0.4, 0.5) is 0 Å². The highest BCUT2D eigenvalue weighted by atomic mass is 14.6. The highest BCUT2D eigenvalue weighted by Crippen LogP contribution is 2.13. The van der Waals surface area contributed by atoms with Crippen molar-refractivity contribution in [2.75, 3.05) is 0 Å². The highest BCUT2D eigenvalue weighted by molar-refractivity contribution is 5.80. The van der Waals surface area contributed by atoms with Gasteiger partial charge >= 0.3 is 0 Å². The van der Waals surface area contributed by atoms with E-state index in [0.717, 1.165) is 5.52 Å². The Morgan fingerprint density at radius 1 is 1.23 bits per heavy atom. The summed E-state index contributed by atoms with van der Waals surface area (Å²) in [5.41, 5.74) is 2.28. The standard InChI is InChI=1S/C12H11N/c1-2-4-10-6-7-12-11(9-10)5-3-8-13-12/h2-9H,1H3. The molecule has 0 saturated heterocycles. The van der Waals surface area contributed by atoms with Crippen molar-refractivity contribution in [2.24, 2.45) is 0 Å². The SMILES string of the molecule is CC=Cc1ccc2ncccc2c1. The van der Waals surface area contributed by atoms with Crippen LogP contribution in [0.3, 0.4) is 0 Å². The van der Waals surface area contributed by atoms with Crippen LogP contribution in [0.15, 0.2) is 42.6 Å². The Morgan fingerprint density at radius 3 is 3.00 bits per heavy atom. The molecule has 0 radical (unpaired) electrons. The molecule has 1 aromatic heterocycles. The van der Waals surface area contributed by atoms with Gasteiger partial charge in [0.05, 0.1) is 5.52 Å². The Labute approximate surface area is 77.7 Å².